The van der Waals surface area contributed by atoms with Crippen LogP contribution in [0.4, 0.5) is 10.7 Å². The van der Waals surface area contributed by atoms with E-state index in [1.807, 2.05) is 0 Å². The molecule has 8 heteroatoms. The number of imide groups is 1. The molecule has 0 aromatic carbocycles. The Balaban J connectivity index is 2.09. The van der Waals surface area contributed by atoms with Crippen LogP contribution in [0.3, 0.4) is 0 Å². The molecule has 3 rings (SSSR count). The van der Waals surface area contributed by atoms with Crippen molar-refractivity contribution in [3.63, 3.8) is 0 Å². The van der Waals surface area contributed by atoms with Crippen LogP contribution in [0.15, 0.2) is 12.5 Å². The van der Waals surface area contributed by atoms with E-state index in [0.29, 0.717) is 11.2 Å². The van der Waals surface area contributed by atoms with Crippen molar-refractivity contribution in [1.82, 2.24) is 19.9 Å². The standard InChI is InChI=1S/C10H9N5O3/c1-10(2)7(16)15(9(17)18-10)8-11-3-5-6(14-8)13-4-12-5/h3-4H,1-2H3,(H,11,12,13,14). The average Bonchev–Trinajstić information content (AvgIpc) is 2.82. The summed E-state index contributed by atoms with van der Waals surface area (Å²) in [5.74, 6) is -0.530. The molecule has 2 aromatic heterocycles. The molecule has 1 aliphatic rings. The minimum atomic E-state index is -1.19. The molecule has 2 aromatic rings. The van der Waals surface area contributed by atoms with Gasteiger partial charge in [-0.2, -0.15) is 9.88 Å². The number of hydrogen-bond acceptors (Lipinski definition) is 6. The number of carbonyl (C=O) groups excluding carboxylic acids is 2. The highest BCUT2D eigenvalue weighted by atomic mass is 16.6. The second kappa shape index (κ2) is 3.25. The van der Waals surface area contributed by atoms with E-state index >= 15 is 0 Å². The van der Waals surface area contributed by atoms with Crippen LogP contribution in [0.25, 0.3) is 11.2 Å². The molecule has 3 heterocycles. The number of rotatable bonds is 1. The highest BCUT2D eigenvalue weighted by Crippen LogP contribution is 2.26. The molecule has 0 atom stereocenters. The number of cyclic esters (lactones) is 1. The Labute approximate surface area is 101 Å². The second-order valence-electron chi connectivity index (χ2n) is 4.33. The van der Waals surface area contributed by atoms with E-state index in [1.54, 1.807) is 0 Å². The van der Waals surface area contributed by atoms with E-state index in [2.05, 4.69) is 19.9 Å². The summed E-state index contributed by atoms with van der Waals surface area (Å²) in [6.45, 7) is 3.03. The van der Waals surface area contributed by atoms with Crippen LogP contribution in [0, 0.1) is 0 Å². The van der Waals surface area contributed by atoms with Crippen molar-refractivity contribution in [2.45, 2.75) is 19.4 Å². The maximum absolute atomic E-state index is 12.0. The van der Waals surface area contributed by atoms with Gasteiger partial charge in [0, 0.05) is 0 Å². The number of H-pyrrole nitrogens is 1. The highest BCUT2D eigenvalue weighted by Gasteiger charge is 2.49. The molecule has 0 spiro atoms. The topological polar surface area (TPSA) is 101 Å². The molecule has 0 radical (unpaired) electrons. The van der Waals surface area contributed by atoms with Gasteiger partial charge < -0.3 is 9.72 Å². The molecule has 1 aliphatic heterocycles. The molecule has 92 valence electrons. The van der Waals surface area contributed by atoms with Gasteiger partial charge in [-0.1, -0.05) is 0 Å². The number of anilines is 1. The summed E-state index contributed by atoms with van der Waals surface area (Å²) in [5.41, 5.74) is -0.190. The van der Waals surface area contributed by atoms with Crippen LogP contribution >= 0.6 is 0 Å². The van der Waals surface area contributed by atoms with Gasteiger partial charge in [0.1, 0.15) is 5.52 Å². The number of hydrogen-bond donors (Lipinski definition) is 1. The van der Waals surface area contributed by atoms with Gasteiger partial charge in [0.2, 0.25) is 5.95 Å². The van der Waals surface area contributed by atoms with Crippen LogP contribution in [-0.4, -0.2) is 37.5 Å². The first-order chi connectivity index (χ1) is 8.49. The molecule has 18 heavy (non-hydrogen) atoms. The van der Waals surface area contributed by atoms with Crippen molar-refractivity contribution in [3.8, 4) is 0 Å². The lowest BCUT2D eigenvalue weighted by Gasteiger charge is -2.12. The molecule has 8 nitrogen and oxygen atoms in total. The zero-order chi connectivity index (χ0) is 12.9. The van der Waals surface area contributed by atoms with Crippen molar-refractivity contribution in [1.29, 1.82) is 0 Å². The number of nitrogens with one attached hydrogen (secondary N) is 1. The van der Waals surface area contributed by atoms with Gasteiger partial charge in [0.05, 0.1) is 12.5 Å². The van der Waals surface area contributed by atoms with Crippen LogP contribution in [0.2, 0.25) is 0 Å². The third kappa shape index (κ3) is 1.35. The van der Waals surface area contributed by atoms with Crippen LogP contribution in [0.5, 0.6) is 0 Å². The lowest BCUT2D eigenvalue weighted by atomic mass is 10.1. The summed E-state index contributed by atoms with van der Waals surface area (Å²) in [6, 6.07) is 0. The number of imidazole rings is 1. The Morgan fingerprint density at radius 1 is 1.33 bits per heavy atom. The molecule has 0 bridgehead atoms. The fraction of sp³-hybridized carbons (Fsp3) is 0.300. The van der Waals surface area contributed by atoms with E-state index in [1.165, 1.54) is 26.4 Å². The Morgan fingerprint density at radius 3 is 2.78 bits per heavy atom. The molecule has 1 saturated heterocycles. The van der Waals surface area contributed by atoms with E-state index in [0.717, 1.165) is 4.90 Å². The number of fused-ring (bicyclic) bond motifs is 1. The van der Waals surface area contributed by atoms with Gasteiger partial charge in [-0.3, -0.25) is 4.79 Å². The minimum Gasteiger partial charge on any atom is -0.433 e. The fourth-order valence-corrected chi connectivity index (χ4v) is 1.67. The van der Waals surface area contributed by atoms with Gasteiger partial charge in [-0.15, -0.1) is 0 Å². The molecule has 1 fully saturated rings. The normalized spacial score (nSPS) is 18.4. The van der Waals surface area contributed by atoms with Gasteiger partial charge in [0.15, 0.2) is 11.2 Å². The van der Waals surface area contributed by atoms with E-state index < -0.39 is 17.6 Å². The predicted octanol–water partition coefficient (Wildman–Crippen LogP) is 0.615. The number of aromatic nitrogens is 4. The fourth-order valence-electron chi connectivity index (χ4n) is 1.67. The molecule has 0 aliphatic carbocycles. The predicted molar refractivity (Wildman–Crippen MR) is 59.7 cm³/mol. The maximum atomic E-state index is 12.0. The Hall–Kier alpha value is -2.51. The molecular weight excluding hydrogens is 238 g/mol. The molecule has 0 unspecified atom stereocenters. The third-order valence-corrected chi connectivity index (χ3v) is 2.61. The lowest BCUT2D eigenvalue weighted by molar-refractivity contribution is -0.127. The highest BCUT2D eigenvalue weighted by molar-refractivity contribution is 6.18. The van der Waals surface area contributed by atoms with Crippen molar-refractivity contribution >= 4 is 29.1 Å². The van der Waals surface area contributed by atoms with E-state index in [4.69, 9.17) is 4.74 Å². The van der Waals surface area contributed by atoms with Crippen molar-refractivity contribution in [3.05, 3.63) is 12.5 Å². The second-order valence-corrected chi connectivity index (χ2v) is 4.33. The van der Waals surface area contributed by atoms with E-state index in [-0.39, 0.29) is 5.95 Å². The number of aromatic amines is 1. The summed E-state index contributed by atoms with van der Waals surface area (Å²) >= 11 is 0. The summed E-state index contributed by atoms with van der Waals surface area (Å²) in [6.07, 6.45) is 2.13. The Bertz CT molecular complexity index is 662. The number of ether oxygens (including phenoxy) is 1. The van der Waals surface area contributed by atoms with Gasteiger partial charge in [-0.25, -0.2) is 14.8 Å². The van der Waals surface area contributed by atoms with Crippen LogP contribution < -0.4 is 4.90 Å². The first-order valence-corrected chi connectivity index (χ1v) is 5.23. The largest absolute Gasteiger partial charge is 0.433 e. The van der Waals surface area contributed by atoms with Crippen molar-refractivity contribution < 1.29 is 14.3 Å². The molecule has 0 saturated carbocycles. The SMILES string of the molecule is CC1(C)OC(=O)N(c2ncc3[nH]cnc3n2)C1=O. The summed E-state index contributed by atoms with van der Waals surface area (Å²) in [4.78, 5) is 39.2. The minimum absolute atomic E-state index is 0.0322. The maximum Gasteiger partial charge on any atom is 0.424 e. The molecular formula is C10H9N5O3. The van der Waals surface area contributed by atoms with Gasteiger partial charge in [-0.05, 0) is 13.8 Å². The van der Waals surface area contributed by atoms with Crippen molar-refractivity contribution in [2.24, 2.45) is 0 Å². The number of amides is 2. The van der Waals surface area contributed by atoms with Crippen LogP contribution in [0.1, 0.15) is 13.8 Å². The first kappa shape index (κ1) is 10.6. The lowest BCUT2D eigenvalue weighted by Crippen LogP contribution is -2.37. The molecule has 2 amide bonds. The quantitative estimate of drug-likeness (QED) is 0.792. The Kier molecular flexibility index (Phi) is 1.92. The molecule has 1 N–H and O–H groups in total. The monoisotopic (exact) mass is 247 g/mol. The summed E-state index contributed by atoms with van der Waals surface area (Å²) in [5, 5.41) is 0. The number of nitrogens with zero attached hydrogens (tertiary/aromatic N) is 4. The zero-order valence-corrected chi connectivity index (χ0v) is 9.67. The summed E-state index contributed by atoms with van der Waals surface area (Å²) < 4.78 is 4.95. The summed E-state index contributed by atoms with van der Waals surface area (Å²) in [7, 11) is 0. The average molecular weight is 247 g/mol. The number of carbonyl (C=O) groups is 2. The van der Waals surface area contributed by atoms with Crippen LogP contribution in [-0.2, 0) is 9.53 Å². The third-order valence-electron chi connectivity index (χ3n) is 2.61. The van der Waals surface area contributed by atoms with Crippen molar-refractivity contribution in [2.75, 3.05) is 4.90 Å². The Morgan fingerprint density at radius 2 is 2.11 bits per heavy atom. The smallest absolute Gasteiger partial charge is 0.424 e. The first-order valence-electron chi connectivity index (χ1n) is 5.23. The zero-order valence-electron chi connectivity index (χ0n) is 9.67. The van der Waals surface area contributed by atoms with Gasteiger partial charge >= 0.3 is 6.09 Å². The van der Waals surface area contributed by atoms with E-state index in [9.17, 15) is 9.59 Å². The van der Waals surface area contributed by atoms with Gasteiger partial charge in [0.25, 0.3) is 5.91 Å².